The molecule has 5 atom stereocenters. The molecule has 180 valence electrons. The van der Waals surface area contributed by atoms with Crippen LogP contribution in [0.3, 0.4) is 0 Å². The maximum atomic E-state index is 14.1. The molecule has 8 nitrogen and oxygen atoms in total. The van der Waals surface area contributed by atoms with Crippen LogP contribution in [-0.2, 0) is 9.59 Å². The van der Waals surface area contributed by atoms with Crippen LogP contribution in [0.1, 0.15) is 43.5 Å². The Balaban J connectivity index is 1.74. The van der Waals surface area contributed by atoms with Crippen LogP contribution < -0.4 is 20.7 Å². The zero-order chi connectivity index (χ0) is 24.3. The molecular weight excluding hydrogens is 427 g/mol. The highest BCUT2D eigenvalue weighted by Gasteiger charge is 2.48. The molecule has 1 saturated carbocycles. The SMILES string of the molecule is C=C(C)[C@H](NC(=O)[C@H](C)NC)C(=O)N1CC[C@H]2CC[C@H](NC(=O)c3ccc(OC)c(F)c3)[C@H]21. The van der Waals surface area contributed by atoms with E-state index in [9.17, 15) is 18.8 Å². The van der Waals surface area contributed by atoms with Crippen LogP contribution in [0.2, 0.25) is 0 Å². The Morgan fingerprint density at radius 1 is 1.24 bits per heavy atom. The summed E-state index contributed by atoms with van der Waals surface area (Å²) in [7, 11) is 3.04. The van der Waals surface area contributed by atoms with Crippen LogP contribution in [-0.4, -0.2) is 67.5 Å². The van der Waals surface area contributed by atoms with Gasteiger partial charge in [0.05, 0.1) is 19.2 Å². The number of fused-ring (bicyclic) bond motifs is 1. The number of nitrogens with one attached hydrogen (secondary N) is 3. The minimum atomic E-state index is -0.834. The van der Waals surface area contributed by atoms with Crippen molar-refractivity contribution in [3.8, 4) is 5.75 Å². The molecule has 0 bridgehead atoms. The van der Waals surface area contributed by atoms with Crippen LogP contribution in [0.4, 0.5) is 4.39 Å². The first-order valence-electron chi connectivity index (χ1n) is 11.3. The van der Waals surface area contributed by atoms with Crippen molar-refractivity contribution in [2.75, 3.05) is 20.7 Å². The molecule has 3 amide bonds. The molecule has 1 aromatic carbocycles. The molecule has 1 aliphatic heterocycles. The maximum Gasteiger partial charge on any atom is 0.251 e. The number of methoxy groups -OCH3 is 1. The van der Waals surface area contributed by atoms with Gasteiger partial charge in [0.2, 0.25) is 11.8 Å². The Kier molecular flexibility index (Phi) is 7.73. The van der Waals surface area contributed by atoms with Gasteiger partial charge >= 0.3 is 0 Å². The van der Waals surface area contributed by atoms with E-state index in [1.807, 2.05) is 0 Å². The fourth-order valence-corrected chi connectivity index (χ4v) is 4.74. The molecule has 0 unspecified atom stereocenters. The summed E-state index contributed by atoms with van der Waals surface area (Å²) in [5, 5.41) is 8.64. The fourth-order valence-electron chi connectivity index (χ4n) is 4.74. The molecule has 33 heavy (non-hydrogen) atoms. The van der Waals surface area contributed by atoms with Crippen molar-refractivity contribution in [2.45, 2.75) is 57.3 Å². The smallest absolute Gasteiger partial charge is 0.251 e. The Hall–Kier alpha value is -2.94. The molecule has 2 aliphatic rings. The summed E-state index contributed by atoms with van der Waals surface area (Å²) >= 11 is 0. The van der Waals surface area contributed by atoms with Crippen molar-refractivity contribution in [1.29, 1.82) is 0 Å². The van der Waals surface area contributed by atoms with Crippen molar-refractivity contribution >= 4 is 17.7 Å². The number of amides is 3. The number of hydrogen-bond donors (Lipinski definition) is 3. The van der Waals surface area contributed by atoms with E-state index < -0.39 is 23.8 Å². The largest absolute Gasteiger partial charge is 0.494 e. The summed E-state index contributed by atoms with van der Waals surface area (Å²) in [5.74, 6) is -1.17. The molecule has 3 N–H and O–H groups in total. The molecule has 9 heteroatoms. The highest BCUT2D eigenvalue weighted by atomic mass is 19.1. The second kappa shape index (κ2) is 10.3. The Labute approximate surface area is 193 Å². The highest BCUT2D eigenvalue weighted by molar-refractivity contribution is 5.95. The number of likely N-dealkylation sites (tertiary alicyclic amines) is 1. The van der Waals surface area contributed by atoms with Gasteiger partial charge in [-0.25, -0.2) is 4.39 Å². The third kappa shape index (κ3) is 5.19. The predicted octanol–water partition coefficient (Wildman–Crippen LogP) is 1.61. The first-order valence-corrected chi connectivity index (χ1v) is 11.3. The summed E-state index contributed by atoms with van der Waals surface area (Å²) < 4.78 is 19.0. The van der Waals surface area contributed by atoms with Crippen LogP contribution in [0.15, 0.2) is 30.4 Å². The predicted molar refractivity (Wildman–Crippen MR) is 122 cm³/mol. The van der Waals surface area contributed by atoms with Crippen molar-refractivity contribution in [2.24, 2.45) is 5.92 Å². The van der Waals surface area contributed by atoms with Gasteiger partial charge in [-0.3, -0.25) is 14.4 Å². The molecule has 2 fully saturated rings. The number of halogens is 1. The molecular formula is C24H33FN4O4. The monoisotopic (exact) mass is 460 g/mol. The van der Waals surface area contributed by atoms with E-state index in [0.717, 1.165) is 25.3 Å². The van der Waals surface area contributed by atoms with Gasteiger partial charge in [-0.15, -0.1) is 0 Å². The fraction of sp³-hybridized carbons (Fsp3) is 0.542. The van der Waals surface area contributed by atoms with E-state index >= 15 is 0 Å². The van der Waals surface area contributed by atoms with Crippen molar-refractivity contribution < 1.29 is 23.5 Å². The minimum Gasteiger partial charge on any atom is -0.494 e. The molecule has 1 aromatic rings. The molecule has 0 radical (unpaired) electrons. The first-order chi connectivity index (χ1) is 15.7. The third-order valence-electron chi connectivity index (χ3n) is 6.71. The van der Waals surface area contributed by atoms with Gasteiger partial charge in [0.1, 0.15) is 6.04 Å². The van der Waals surface area contributed by atoms with Gasteiger partial charge in [-0.2, -0.15) is 0 Å². The lowest BCUT2D eigenvalue weighted by Gasteiger charge is -2.33. The molecule has 0 spiro atoms. The number of likely N-dealkylation sites (N-methyl/N-ethyl adjacent to an activating group) is 1. The number of benzene rings is 1. The number of carbonyl (C=O) groups excluding carboxylic acids is 3. The van der Waals surface area contributed by atoms with Crippen molar-refractivity contribution in [3.63, 3.8) is 0 Å². The minimum absolute atomic E-state index is 0.0699. The van der Waals surface area contributed by atoms with Crippen LogP contribution >= 0.6 is 0 Å². The van der Waals surface area contributed by atoms with Crippen LogP contribution in [0.5, 0.6) is 5.75 Å². The zero-order valence-electron chi connectivity index (χ0n) is 19.6. The van der Waals surface area contributed by atoms with Crippen molar-refractivity contribution in [1.82, 2.24) is 20.9 Å². The number of hydrogen-bond acceptors (Lipinski definition) is 5. The number of nitrogens with zero attached hydrogens (tertiary/aromatic N) is 1. The molecule has 1 heterocycles. The number of ether oxygens (including phenoxy) is 1. The average Bonchev–Trinajstić information content (AvgIpc) is 3.38. The maximum absolute atomic E-state index is 14.1. The van der Waals surface area contributed by atoms with Gasteiger partial charge in [0.25, 0.3) is 5.91 Å². The Morgan fingerprint density at radius 2 is 1.97 bits per heavy atom. The quantitative estimate of drug-likeness (QED) is 0.512. The van der Waals surface area contributed by atoms with Crippen LogP contribution in [0.25, 0.3) is 0 Å². The summed E-state index contributed by atoms with van der Waals surface area (Å²) in [5.41, 5.74) is 0.744. The van der Waals surface area contributed by atoms with Crippen molar-refractivity contribution in [3.05, 3.63) is 41.7 Å². The lowest BCUT2D eigenvalue weighted by Crippen LogP contribution is -2.57. The third-order valence-corrected chi connectivity index (χ3v) is 6.71. The van der Waals surface area contributed by atoms with E-state index in [0.29, 0.717) is 12.1 Å². The van der Waals surface area contributed by atoms with E-state index in [1.165, 1.54) is 19.2 Å². The van der Waals surface area contributed by atoms with Gasteiger partial charge in [0.15, 0.2) is 11.6 Å². The summed E-state index contributed by atoms with van der Waals surface area (Å²) in [6.45, 7) is 7.89. The van der Waals surface area contributed by atoms with Gasteiger partial charge in [-0.05, 0) is 69.8 Å². The second-order valence-corrected chi connectivity index (χ2v) is 8.88. The second-order valence-electron chi connectivity index (χ2n) is 8.88. The zero-order valence-corrected chi connectivity index (χ0v) is 19.6. The number of carbonyl (C=O) groups is 3. The van der Waals surface area contributed by atoms with E-state index in [-0.39, 0.29) is 41.1 Å². The Morgan fingerprint density at radius 3 is 2.58 bits per heavy atom. The van der Waals surface area contributed by atoms with Gasteiger partial charge < -0.3 is 25.6 Å². The first kappa shape index (κ1) is 24.7. The van der Waals surface area contributed by atoms with E-state index in [1.54, 1.807) is 25.8 Å². The summed E-state index contributed by atoms with van der Waals surface area (Å²) in [6.07, 6.45) is 2.45. The van der Waals surface area contributed by atoms with Crippen LogP contribution in [0, 0.1) is 11.7 Å². The summed E-state index contributed by atoms with van der Waals surface area (Å²) in [6, 6.07) is 2.36. The molecule has 0 aromatic heterocycles. The highest BCUT2D eigenvalue weighted by Crippen LogP contribution is 2.38. The van der Waals surface area contributed by atoms with E-state index in [4.69, 9.17) is 4.74 Å². The Bertz CT molecular complexity index is 937. The van der Waals surface area contributed by atoms with Gasteiger partial charge in [0, 0.05) is 18.2 Å². The van der Waals surface area contributed by atoms with Gasteiger partial charge in [-0.1, -0.05) is 6.58 Å². The lowest BCUT2D eigenvalue weighted by molar-refractivity contribution is -0.136. The lowest BCUT2D eigenvalue weighted by atomic mass is 10.0. The topological polar surface area (TPSA) is 99.8 Å². The summed E-state index contributed by atoms with van der Waals surface area (Å²) in [4.78, 5) is 40.4. The molecule has 3 rings (SSSR count). The molecule has 1 aliphatic carbocycles. The van der Waals surface area contributed by atoms with E-state index in [2.05, 4.69) is 22.5 Å². The molecule has 1 saturated heterocycles. The normalized spacial score (nSPS) is 23.4. The standard InChI is InChI=1S/C24H33FN4O4/c1-13(2)20(28-22(30)14(3)26-4)24(32)29-11-10-15-6-8-18(21(15)29)27-23(31)16-7-9-19(33-5)17(25)12-16/h7,9,12,14-15,18,20-21,26H,1,6,8,10-11H2,2-5H3,(H,27,31)(H,28,30)/t14-,15+,18-,20-,21-/m0/s1. The number of rotatable bonds is 8. The average molecular weight is 461 g/mol.